The molecule has 22 heavy (non-hydrogen) atoms. The number of aryl methyl sites for hydroxylation is 1. The Hall–Kier alpha value is -2.20. The summed E-state index contributed by atoms with van der Waals surface area (Å²) < 4.78 is 6.55. The summed E-state index contributed by atoms with van der Waals surface area (Å²) in [4.78, 5) is 21.7. The average molecular weight is 344 g/mol. The molecular weight excluding hydrogens is 334 g/mol. The molecule has 0 N–H and O–H groups in total. The Morgan fingerprint density at radius 3 is 2.91 bits per heavy atom. The van der Waals surface area contributed by atoms with Crippen LogP contribution in [0.5, 0.6) is 5.75 Å². The van der Waals surface area contributed by atoms with Crippen LogP contribution in [0.2, 0.25) is 5.02 Å². The fourth-order valence-electron chi connectivity index (χ4n) is 1.45. The van der Waals surface area contributed by atoms with Crippen molar-refractivity contribution in [2.24, 2.45) is 7.05 Å². The zero-order chi connectivity index (χ0) is 16.1. The van der Waals surface area contributed by atoms with Gasteiger partial charge in [-0.3, -0.25) is 14.9 Å². The summed E-state index contributed by atoms with van der Waals surface area (Å²) in [7, 11) is 1.69. The molecule has 0 saturated heterocycles. The molecule has 0 aliphatic rings. The van der Waals surface area contributed by atoms with Gasteiger partial charge in [0.1, 0.15) is 10.8 Å². The van der Waals surface area contributed by atoms with Crippen LogP contribution in [-0.4, -0.2) is 36.9 Å². The molecule has 0 unspecified atom stereocenters. The van der Waals surface area contributed by atoms with Gasteiger partial charge < -0.3 is 4.74 Å². The SMILES string of the molecule is Cn1nnnc1SCCC(=O)Oc1ccc([N+](=O)[O-])c(Cl)c1. The van der Waals surface area contributed by atoms with Gasteiger partial charge in [0.15, 0.2) is 0 Å². The first-order chi connectivity index (χ1) is 10.5. The van der Waals surface area contributed by atoms with E-state index in [1.165, 1.54) is 34.6 Å². The molecule has 0 aliphatic carbocycles. The van der Waals surface area contributed by atoms with E-state index in [9.17, 15) is 14.9 Å². The van der Waals surface area contributed by atoms with Gasteiger partial charge in [0.25, 0.3) is 5.69 Å². The summed E-state index contributed by atoms with van der Waals surface area (Å²) in [5.41, 5.74) is -0.244. The zero-order valence-electron chi connectivity index (χ0n) is 11.3. The number of carbonyl (C=O) groups is 1. The van der Waals surface area contributed by atoms with Crippen molar-refractivity contribution in [2.45, 2.75) is 11.6 Å². The second-order valence-corrected chi connectivity index (χ2v) is 5.50. The number of nitrogens with zero attached hydrogens (tertiary/aromatic N) is 5. The topological polar surface area (TPSA) is 113 Å². The summed E-state index contributed by atoms with van der Waals surface area (Å²) in [5, 5.41) is 22.0. The van der Waals surface area contributed by atoms with E-state index in [0.717, 1.165) is 0 Å². The van der Waals surface area contributed by atoms with Crippen molar-refractivity contribution in [1.29, 1.82) is 0 Å². The van der Waals surface area contributed by atoms with E-state index in [-0.39, 0.29) is 22.9 Å². The van der Waals surface area contributed by atoms with Crippen molar-refractivity contribution in [1.82, 2.24) is 20.2 Å². The fourth-order valence-corrected chi connectivity index (χ4v) is 2.46. The monoisotopic (exact) mass is 343 g/mol. The van der Waals surface area contributed by atoms with Gasteiger partial charge in [-0.2, -0.15) is 0 Å². The van der Waals surface area contributed by atoms with Crippen LogP contribution in [0.4, 0.5) is 5.69 Å². The minimum absolute atomic E-state index is 0.0881. The molecule has 11 heteroatoms. The number of thioether (sulfide) groups is 1. The molecular formula is C11H10ClN5O4S. The molecule has 2 aromatic rings. The molecule has 0 spiro atoms. The van der Waals surface area contributed by atoms with E-state index < -0.39 is 10.9 Å². The number of carbonyl (C=O) groups excluding carboxylic acids is 1. The maximum atomic E-state index is 11.7. The second kappa shape index (κ2) is 7.18. The summed E-state index contributed by atoms with van der Waals surface area (Å²) >= 11 is 7.05. The lowest BCUT2D eigenvalue weighted by Crippen LogP contribution is -2.09. The van der Waals surface area contributed by atoms with Gasteiger partial charge >= 0.3 is 5.97 Å². The van der Waals surface area contributed by atoms with Crippen molar-refractivity contribution in [3.8, 4) is 5.75 Å². The summed E-state index contributed by atoms with van der Waals surface area (Å²) in [6.07, 6.45) is 0.131. The van der Waals surface area contributed by atoms with Crippen molar-refractivity contribution >= 4 is 35.0 Å². The number of tetrazole rings is 1. The number of esters is 1. The van der Waals surface area contributed by atoms with Gasteiger partial charge in [-0.15, -0.1) is 5.10 Å². The molecule has 0 atom stereocenters. The third-order valence-electron chi connectivity index (χ3n) is 2.47. The van der Waals surface area contributed by atoms with Gasteiger partial charge in [-0.1, -0.05) is 23.4 Å². The molecule has 9 nitrogen and oxygen atoms in total. The minimum Gasteiger partial charge on any atom is -0.426 e. The van der Waals surface area contributed by atoms with E-state index >= 15 is 0 Å². The molecule has 0 radical (unpaired) electrons. The van der Waals surface area contributed by atoms with E-state index in [2.05, 4.69) is 15.5 Å². The van der Waals surface area contributed by atoms with E-state index in [4.69, 9.17) is 16.3 Å². The second-order valence-electron chi connectivity index (χ2n) is 4.03. The molecule has 0 amide bonds. The van der Waals surface area contributed by atoms with Crippen LogP contribution in [0.3, 0.4) is 0 Å². The lowest BCUT2D eigenvalue weighted by Gasteiger charge is -2.04. The largest absolute Gasteiger partial charge is 0.426 e. The number of ether oxygens (including phenoxy) is 1. The van der Waals surface area contributed by atoms with Crippen LogP contribution in [0.25, 0.3) is 0 Å². The van der Waals surface area contributed by atoms with Crippen LogP contribution in [-0.2, 0) is 11.8 Å². The molecule has 0 bridgehead atoms. The third kappa shape index (κ3) is 4.15. The van der Waals surface area contributed by atoms with Crippen LogP contribution in [0.15, 0.2) is 23.4 Å². The maximum absolute atomic E-state index is 11.7. The fraction of sp³-hybridized carbons (Fsp3) is 0.273. The third-order valence-corrected chi connectivity index (χ3v) is 3.78. The Morgan fingerprint density at radius 2 is 2.32 bits per heavy atom. The van der Waals surface area contributed by atoms with Crippen LogP contribution in [0, 0.1) is 10.1 Å². The van der Waals surface area contributed by atoms with Gasteiger partial charge in [-0.05, 0) is 16.5 Å². The molecule has 116 valence electrons. The highest BCUT2D eigenvalue weighted by Crippen LogP contribution is 2.28. The highest BCUT2D eigenvalue weighted by Gasteiger charge is 2.14. The Bertz CT molecular complexity index is 708. The highest BCUT2D eigenvalue weighted by molar-refractivity contribution is 7.99. The molecule has 2 rings (SSSR count). The quantitative estimate of drug-likeness (QED) is 0.257. The molecule has 1 heterocycles. The number of rotatable bonds is 6. The zero-order valence-corrected chi connectivity index (χ0v) is 12.9. The predicted molar refractivity (Wildman–Crippen MR) is 77.9 cm³/mol. The highest BCUT2D eigenvalue weighted by atomic mass is 35.5. The van der Waals surface area contributed by atoms with Crippen molar-refractivity contribution in [3.63, 3.8) is 0 Å². The Kier molecular flexibility index (Phi) is 5.28. The number of benzene rings is 1. The number of hydrogen-bond donors (Lipinski definition) is 0. The Balaban J connectivity index is 1.85. The first-order valence-corrected chi connectivity index (χ1v) is 7.33. The van der Waals surface area contributed by atoms with Crippen LogP contribution in [0.1, 0.15) is 6.42 Å². The predicted octanol–water partition coefficient (Wildman–Crippen LogP) is 1.86. The number of hydrogen-bond acceptors (Lipinski definition) is 8. The molecule has 0 saturated carbocycles. The van der Waals surface area contributed by atoms with E-state index in [0.29, 0.717) is 10.9 Å². The summed E-state index contributed by atoms with van der Waals surface area (Å²) in [5.74, 6) is 0.117. The molecule has 0 aliphatic heterocycles. The van der Waals surface area contributed by atoms with Crippen LogP contribution >= 0.6 is 23.4 Å². The van der Waals surface area contributed by atoms with Gasteiger partial charge in [0.2, 0.25) is 5.16 Å². The van der Waals surface area contributed by atoms with E-state index in [1.54, 1.807) is 7.05 Å². The number of nitro groups is 1. The smallest absolute Gasteiger partial charge is 0.312 e. The summed E-state index contributed by atoms with van der Waals surface area (Å²) in [6, 6.07) is 3.74. The molecule has 1 aromatic heterocycles. The lowest BCUT2D eigenvalue weighted by atomic mass is 10.3. The lowest BCUT2D eigenvalue weighted by molar-refractivity contribution is -0.384. The van der Waals surface area contributed by atoms with Gasteiger partial charge in [0, 0.05) is 24.9 Å². The van der Waals surface area contributed by atoms with Crippen molar-refractivity contribution < 1.29 is 14.5 Å². The molecule has 0 fully saturated rings. The van der Waals surface area contributed by atoms with Crippen molar-refractivity contribution in [3.05, 3.63) is 33.3 Å². The standard InChI is InChI=1S/C11H10ClN5O4S/c1-16-11(13-14-15-16)22-5-4-10(18)21-7-2-3-9(17(19)20)8(12)6-7/h2-3,6H,4-5H2,1H3. The normalized spacial score (nSPS) is 10.5. The Labute approximate surface area is 133 Å². The van der Waals surface area contributed by atoms with Crippen LogP contribution < -0.4 is 4.74 Å². The maximum Gasteiger partial charge on any atom is 0.312 e. The van der Waals surface area contributed by atoms with E-state index in [1.807, 2.05) is 0 Å². The first-order valence-electron chi connectivity index (χ1n) is 5.97. The first kappa shape index (κ1) is 16.2. The van der Waals surface area contributed by atoms with Crippen molar-refractivity contribution in [2.75, 3.05) is 5.75 Å². The number of halogens is 1. The van der Waals surface area contributed by atoms with Gasteiger partial charge in [0.05, 0.1) is 11.3 Å². The minimum atomic E-state index is -0.612. The Morgan fingerprint density at radius 1 is 1.55 bits per heavy atom. The number of aromatic nitrogens is 4. The number of nitro benzene ring substituents is 1. The summed E-state index contributed by atoms with van der Waals surface area (Å²) in [6.45, 7) is 0. The molecule has 1 aromatic carbocycles. The van der Waals surface area contributed by atoms with Gasteiger partial charge in [-0.25, -0.2) is 4.68 Å². The average Bonchev–Trinajstić information content (AvgIpc) is 2.84.